The number of benzene rings is 2. The maximum Gasteiger partial charge on any atom is 0.412 e. The fourth-order valence-corrected chi connectivity index (χ4v) is 8.83. The second-order valence-corrected chi connectivity index (χ2v) is 15.3. The van der Waals surface area contributed by atoms with Crippen molar-refractivity contribution in [1.82, 2.24) is 10.2 Å². The van der Waals surface area contributed by atoms with Crippen molar-refractivity contribution in [2.24, 2.45) is 22.9 Å². The fourth-order valence-electron chi connectivity index (χ4n) is 8.83. The van der Waals surface area contributed by atoms with E-state index in [0.29, 0.717) is 61.5 Å². The zero-order valence-corrected chi connectivity index (χ0v) is 34.8. The first-order chi connectivity index (χ1) is 29.2. The van der Waals surface area contributed by atoms with Crippen LogP contribution in [0.5, 0.6) is 11.5 Å². The van der Waals surface area contributed by atoms with Gasteiger partial charge in [0.05, 0.1) is 29.8 Å². The first kappa shape index (κ1) is 45.8. The lowest BCUT2D eigenvalue weighted by Crippen LogP contribution is -2.70. The van der Waals surface area contributed by atoms with Crippen LogP contribution in [0.2, 0.25) is 0 Å². The van der Waals surface area contributed by atoms with Gasteiger partial charge in [-0.15, -0.1) is 13.2 Å². The summed E-state index contributed by atoms with van der Waals surface area (Å²) < 4.78 is 25.7. The van der Waals surface area contributed by atoms with Crippen LogP contribution in [0.3, 0.4) is 0 Å². The topological polar surface area (TPSA) is 192 Å². The zero-order chi connectivity index (χ0) is 43.1. The molecule has 1 aliphatic heterocycles. The number of hydrogen-bond donors (Lipinski definition) is 3. The van der Waals surface area contributed by atoms with Gasteiger partial charge in [0.2, 0.25) is 5.79 Å². The molecule has 0 radical (unpaired) electrons. The van der Waals surface area contributed by atoms with Crippen LogP contribution in [0.1, 0.15) is 88.7 Å². The average Bonchev–Trinajstić information content (AvgIpc) is 3.24. The van der Waals surface area contributed by atoms with E-state index < -0.39 is 34.9 Å². The number of amides is 2. The summed E-state index contributed by atoms with van der Waals surface area (Å²) in [4.78, 5) is 45.5. The van der Waals surface area contributed by atoms with Gasteiger partial charge in [-0.3, -0.25) is 15.0 Å². The molecule has 1 fully saturated rings. The number of ether oxygens (including phenoxy) is 4. The quantitative estimate of drug-likeness (QED) is 0.0426. The van der Waals surface area contributed by atoms with Gasteiger partial charge in [0, 0.05) is 56.3 Å². The Balaban J connectivity index is 1.75. The number of nitro benzene ring substituents is 1. The van der Waals surface area contributed by atoms with E-state index in [4.69, 9.17) is 28.9 Å². The largest absolute Gasteiger partial charge is 0.459 e. The molecule has 326 valence electrons. The lowest BCUT2D eigenvalue weighted by molar-refractivity contribution is -0.384. The molecule has 1 heterocycles. The third-order valence-electron chi connectivity index (χ3n) is 11.4. The molecule has 15 heteroatoms. The van der Waals surface area contributed by atoms with Crippen molar-refractivity contribution >= 4 is 23.6 Å². The van der Waals surface area contributed by atoms with E-state index >= 15 is 0 Å². The molecule has 2 aromatic carbocycles. The maximum atomic E-state index is 14.2. The monoisotopic (exact) mass is 832 g/mol. The van der Waals surface area contributed by atoms with E-state index in [1.54, 1.807) is 48.2 Å². The number of fused-ring (bicyclic) bond motifs is 2. The van der Waals surface area contributed by atoms with Gasteiger partial charge < -0.3 is 39.3 Å². The van der Waals surface area contributed by atoms with Gasteiger partial charge in [-0.1, -0.05) is 43.1 Å². The van der Waals surface area contributed by atoms with E-state index in [-0.39, 0.29) is 62.9 Å². The maximum absolute atomic E-state index is 14.2. The Hall–Kier alpha value is -5.25. The minimum atomic E-state index is -1.49. The van der Waals surface area contributed by atoms with Gasteiger partial charge >= 0.3 is 12.2 Å². The minimum absolute atomic E-state index is 0.0189. The molecule has 5 rings (SSSR count). The first-order valence-electron chi connectivity index (χ1n) is 21.1. The molecular weight excluding hydrogens is 773 g/mol. The van der Waals surface area contributed by atoms with E-state index in [0.717, 1.165) is 36.8 Å². The zero-order valence-electron chi connectivity index (χ0n) is 34.8. The molecule has 0 bridgehead atoms. The Bertz CT molecular complexity index is 1850. The number of nitro groups is 1. The van der Waals surface area contributed by atoms with Crippen molar-refractivity contribution in [2.75, 3.05) is 39.5 Å². The van der Waals surface area contributed by atoms with Crippen LogP contribution in [0.25, 0.3) is 0 Å². The first-order valence-corrected chi connectivity index (χ1v) is 21.1. The number of nitrogens with zero attached hydrogens (tertiary/aromatic N) is 3. The summed E-state index contributed by atoms with van der Waals surface area (Å²) in [6.07, 6.45) is 9.83. The molecule has 0 saturated heterocycles. The summed E-state index contributed by atoms with van der Waals surface area (Å²) in [5.41, 5.74) is 2.85. The molecule has 1 saturated carbocycles. The minimum Gasteiger partial charge on any atom is -0.459 e. The number of rotatable bonds is 23. The highest BCUT2D eigenvalue weighted by atomic mass is 16.7. The molecule has 0 unspecified atom stereocenters. The molecular formula is C45H60N4O11. The number of aliphatic hydroxyl groups excluding tert-OH is 2. The average molecular weight is 833 g/mol. The molecule has 2 amide bonds. The van der Waals surface area contributed by atoms with Crippen LogP contribution in [-0.4, -0.2) is 89.3 Å². The normalized spacial score (nSPS) is 23.2. The summed E-state index contributed by atoms with van der Waals surface area (Å²) >= 11 is 0. The molecule has 6 atom stereocenters. The van der Waals surface area contributed by atoms with Crippen molar-refractivity contribution in [2.45, 2.75) is 96.0 Å². The molecule has 60 heavy (non-hydrogen) atoms. The number of aliphatic hydroxyl groups is 2. The number of carbonyl (C=O) groups is 2. The molecule has 2 aromatic rings. The van der Waals surface area contributed by atoms with E-state index in [2.05, 4.69) is 24.6 Å². The van der Waals surface area contributed by atoms with Crippen molar-refractivity contribution in [1.29, 1.82) is 0 Å². The van der Waals surface area contributed by atoms with Crippen LogP contribution < -0.4 is 14.8 Å². The molecule has 2 aliphatic carbocycles. The van der Waals surface area contributed by atoms with Crippen LogP contribution in [0, 0.1) is 27.9 Å². The highest BCUT2D eigenvalue weighted by Gasteiger charge is 2.65. The number of oxime groups is 1. The third kappa shape index (κ3) is 10.7. The van der Waals surface area contributed by atoms with E-state index in [1.807, 2.05) is 13.0 Å². The van der Waals surface area contributed by atoms with E-state index in [9.17, 15) is 29.9 Å². The Kier molecular flexibility index (Phi) is 17.1. The van der Waals surface area contributed by atoms with Gasteiger partial charge in [-0.05, 0) is 98.8 Å². The molecule has 0 spiro atoms. The summed E-state index contributed by atoms with van der Waals surface area (Å²) in [5.74, 6) is -1.63. The predicted octanol–water partition coefficient (Wildman–Crippen LogP) is 7.96. The van der Waals surface area contributed by atoms with Gasteiger partial charge in [0.15, 0.2) is 0 Å². The van der Waals surface area contributed by atoms with Gasteiger partial charge in [0.1, 0.15) is 24.1 Å². The SMILES string of the molecule is C=CCCOC(=O)N(CCC)[C@H]1CC(=NOCc2ccc([N+](=O)[O-])cc2)C2=C[C@H](CCCCO)[C@@H](CCCCO)[C@@H]3c4cc(OC(=O)NCC)ccc4O[C@@]1(OCC=C)[C@H]23. The number of nitrogens with one attached hydrogen (secondary N) is 1. The van der Waals surface area contributed by atoms with Gasteiger partial charge in [-0.2, -0.15) is 0 Å². The van der Waals surface area contributed by atoms with Crippen LogP contribution in [0.15, 0.2) is 84.6 Å². The number of hydrogen-bond acceptors (Lipinski definition) is 12. The Morgan fingerprint density at radius 3 is 2.48 bits per heavy atom. The molecule has 3 N–H and O–H groups in total. The second kappa shape index (κ2) is 22.4. The third-order valence-corrected chi connectivity index (χ3v) is 11.4. The summed E-state index contributed by atoms with van der Waals surface area (Å²) in [7, 11) is 0. The summed E-state index contributed by atoms with van der Waals surface area (Å²) in [5, 5.41) is 38.5. The van der Waals surface area contributed by atoms with Crippen molar-refractivity contribution in [3.8, 4) is 11.5 Å². The van der Waals surface area contributed by atoms with Crippen LogP contribution >= 0.6 is 0 Å². The van der Waals surface area contributed by atoms with Crippen molar-refractivity contribution in [3.63, 3.8) is 0 Å². The summed E-state index contributed by atoms with van der Waals surface area (Å²) in [6, 6.07) is 10.6. The van der Waals surface area contributed by atoms with Gasteiger partial charge in [0.25, 0.3) is 5.69 Å². The lowest BCUT2D eigenvalue weighted by Gasteiger charge is -2.59. The fraction of sp³-hybridized carbons (Fsp3) is 0.533. The van der Waals surface area contributed by atoms with E-state index in [1.165, 1.54) is 12.1 Å². The number of unbranched alkanes of at least 4 members (excludes halogenated alkanes) is 2. The Morgan fingerprint density at radius 2 is 1.82 bits per heavy atom. The molecule has 0 aromatic heterocycles. The highest BCUT2D eigenvalue weighted by Crippen LogP contribution is 2.62. The Labute approximate surface area is 352 Å². The van der Waals surface area contributed by atoms with Crippen molar-refractivity contribution in [3.05, 3.63) is 101 Å². The smallest absolute Gasteiger partial charge is 0.412 e. The standard InChI is InChI=1S/C45H60N4O11/c1-5-9-26-56-44(53)48(22-6-2)40-29-38(47-58-30-31-16-18-33(19-17-31)49(54)55)36-27-32(14-10-12-23-50)35(15-11-13-24-51)41-37-28-34(59-43(52)46-8-4)20-21-39(37)60-45(40,42(36)41)57-25-7-3/h5,7,16-21,27-28,32,35,40-42,50-51H,1,3,6,8-15,22-26,29-30H2,2,4H3,(H,46,52)/t32-,35+,40-,41+,42+,45+/m0/s1. The second-order valence-electron chi connectivity index (χ2n) is 15.3. The van der Waals surface area contributed by atoms with Crippen LogP contribution in [-0.2, 0) is 20.9 Å². The summed E-state index contributed by atoms with van der Waals surface area (Å²) in [6.45, 7) is 12.6. The lowest BCUT2D eigenvalue weighted by atomic mass is 9.55. The Morgan fingerprint density at radius 1 is 1.07 bits per heavy atom. The number of allylic oxidation sites excluding steroid dienone is 1. The predicted molar refractivity (Wildman–Crippen MR) is 226 cm³/mol. The number of non-ortho nitro benzene ring substituents is 1. The molecule has 15 nitrogen and oxygen atoms in total. The van der Waals surface area contributed by atoms with Crippen LogP contribution in [0.4, 0.5) is 15.3 Å². The number of carbonyl (C=O) groups excluding carboxylic acids is 2. The highest BCUT2D eigenvalue weighted by molar-refractivity contribution is 6.03. The van der Waals surface area contributed by atoms with Gasteiger partial charge in [-0.25, -0.2) is 9.59 Å². The van der Waals surface area contributed by atoms with Crippen molar-refractivity contribution < 1.29 is 48.5 Å². The molecule has 3 aliphatic rings.